The molecule has 0 amide bonds. The van der Waals surface area contributed by atoms with Gasteiger partial charge in [-0.3, -0.25) is 0 Å². The molecule has 0 saturated carbocycles. The lowest BCUT2D eigenvalue weighted by molar-refractivity contribution is 0.458. The summed E-state index contributed by atoms with van der Waals surface area (Å²) < 4.78 is 0. The van der Waals surface area contributed by atoms with Gasteiger partial charge in [0.05, 0.1) is 5.56 Å². The lowest BCUT2D eigenvalue weighted by atomic mass is 9.98. The molecule has 0 saturated heterocycles. The van der Waals surface area contributed by atoms with E-state index in [2.05, 4.69) is 0 Å². The summed E-state index contributed by atoms with van der Waals surface area (Å²) in [5, 5.41) is 18.5. The van der Waals surface area contributed by atoms with Crippen molar-refractivity contribution in [1.82, 2.24) is 0 Å². The Kier molecular flexibility index (Phi) is 3.10. The zero-order chi connectivity index (χ0) is 10.7. The lowest BCUT2D eigenvalue weighted by Gasteiger charge is -2.13. The predicted octanol–water partition coefficient (Wildman–Crippen LogP) is 1.98. The van der Waals surface area contributed by atoms with Crippen LogP contribution in [0.15, 0.2) is 12.1 Å². The third kappa shape index (κ3) is 1.86. The van der Waals surface area contributed by atoms with Crippen molar-refractivity contribution in [1.29, 1.82) is 5.26 Å². The number of aromatic hydroxyl groups is 1. The highest BCUT2D eigenvalue weighted by Crippen LogP contribution is 2.29. The summed E-state index contributed by atoms with van der Waals surface area (Å²) in [4.78, 5) is 0. The standard InChI is InChI=1S/C11H14N2O/c1-3-10(13)9-5-7(2)4-8(6-12)11(9)14/h4-5,10,14H,3,13H2,1-2H3/t10-/m1/s1. The summed E-state index contributed by atoms with van der Waals surface area (Å²) >= 11 is 0. The number of nitrogens with zero attached hydrogens (tertiary/aromatic N) is 1. The van der Waals surface area contributed by atoms with E-state index in [-0.39, 0.29) is 11.8 Å². The minimum Gasteiger partial charge on any atom is -0.506 e. The summed E-state index contributed by atoms with van der Waals surface area (Å²) in [7, 11) is 0. The van der Waals surface area contributed by atoms with Gasteiger partial charge in [0.2, 0.25) is 0 Å². The molecule has 0 spiro atoms. The SMILES string of the molecule is CC[C@@H](N)c1cc(C)cc(C#N)c1O. The molecule has 0 bridgehead atoms. The van der Waals surface area contributed by atoms with Crippen LogP contribution < -0.4 is 5.73 Å². The zero-order valence-electron chi connectivity index (χ0n) is 8.41. The smallest absolute Gasteiger partial charge is 0.138 e. The maximum atomic E-state index is 9.71. The van der Waals surface area contributed by atoms with Crippen molar-refractivity contribution in [3.8, 4) is 11.8 Å². The maximum Gasteiger partial charge on any atom is 0.138 e. The monoisotopic (exact) mass is 190 g/mol. The molecule has 1 rings (SSSR count). The highest BCUT2D eigenvalue weighted by atomic mass is 16.3. The van der Waals surface area contributed by atoms with Crippen molar-refractivity contribution < 1.29 is 5.11 Å². The molecule has 1 aromatic rings. The molecule has 1 aromatic carbocycles. The van der Waals surface area contributed by atoms with Gasteiger partial charge in [0.15, 0.2) is 0 Å². The first-order valence-corrected chi connectivity index (χ1v) is 4.59. The van der Waals surface area contributed by atoms with Gasteiger partial charge in [-0.05, 0) is 25.0 Å². The van der Waals surface area contributed by atoms with Gasteiger partial charge >= 0.3 is 0 Å². The van der Waals surface area contributed by atoms with Crippen LogP contribution in [0.2, 0.25) is 0 Å². The van der Waals surface area contributed by atoms with E-state index in [0.29, 0.717) is 11.1 Å². The summed E-state index contributed by atoms with van der Waals surface area (Å²) in [5.74, 6) is 0.0208. The average Bonchev–Trinajstić information content (AvgIpc) is 2.19. The van der Waals surface area contributed by atoms with Gasteiger partial charge in [-0.2, -0.15) is 5.26 Å². The Morgan fingerprint density at radius 2 is 2.21 bits per heavy atom. The lowest BCUT2D eigenvalue weighted by Crippen LogP contribution is -2.09. The molecule has 3 nitrogen and oxygen atoms in total. The van der Waals surface area contributed by atoms with Crippen LogP contribution in [-0.2, 0) is 0 Å². The Morgan fingerprint density at radius 3 is 2.71 bits per heavy atom. The molecular weight excluding hydrogens is 176 g/mol. The van der Waals surface area contributed by atoms with E-state index in [1.165, 1.54) is 0 Å². The van der Waals surface area contributed by atoms with Gasteiger partial charge in [0, 0.05) is 11.6 Å². The van der Waals surface area contributed by atoms with Crippen LogP contribution in [0.4, 0.5) is 0 Å². The quantitative estimate of drug-likeness (QED) is 0.749. The minimum absolute atomic E-state index is 0.0208. The summed E-state index contributed by atoms with van der Waals surface area (Å²) in [6.07, 6.45) is 0.738. The van der Waals surface area contributed by atoms with Crippen molar-refractivity contribution in [3.63, 3.8) is 0 Å². The van der Waals surface area contributed by atoms with Crippen molar-refractivity contribution in [2.75, 3.05) is 0 Å². The van der Waals surface area contributed by atoms with E-state index >= 15 is 0 Å². The van der Waals surface area contributed by atoms with E-state index in [1.54, 1.807) is 6.07 Å². The van der Waals surface area contributed by atoms with E-state index in [9.17, 15) is 5.11 Å². The maximum absolute atomic E-state index is 9.71. The highest BCUT2D eigenvalue weighted by Gasteiger charge is 2.13. The molecule has 0 radical (unpaired) electrons. The van der Waals surface area contributed by atoms with Crippen molar-refractivity contribution >= 4 is 0 Å². The minimum atomic E-state index is -0.206. The third-order valence-electron chi connectivity index (χ3n) is 2.24. The molecule has 0 aliphatic rings. The molecule has 0 heterocycles. The van der Waals surface area contributed by atoms with Gasteiger partial charge in [-0.1, -0.05) is 13.0 Å². The van der Waals surface area contributed by atoms with E-state index in [0.717, 1.165) is 12.0 Å². The first-order valence-electron chi connectivity index (χ1n) is 4.59. The number of nitrogens with two attached hydrogens (primary N) is 1. The molecule has 0 aromatic heterocycles. The number of phenolic OH excluding ortho intramolecular Hbond substituents is 1. The number of benzene rings is 1. The average molecular weight is 190 g/mol. The van der Waals surface area contributed by atoms with Crippen LogP contribution in [0.25, 0.3) is 0 Å². The highest BCUT2D eigenvalue weighted by molar-refractivity contribution is 5.50. The molecular formula is C11H14N2O. The van der Waals surface area contributed by atoms with E-state index < -0.39 is 0 Å². The zero-order valence-corrected chi connectivity index (χ0v) is 8.41. The van der Waals surface area contributed by atoms with Gasteiger partial charge in [0.25, 0.3) is 0 Å². The second-order valence-corrected chi connectivity index (χ2v) is 3.38. The number of hydrogen-bond acceptors (Lipinski definition) is 3. The Morgan fingerprint density at radius 1 is 1.57 bits per heavy atom. The first-order chi connectivity index (χ1) is 6.60. The molecule has 1 atom stereocenters. The van der Waals surface area contributed by atoms with Crippen molar-refractivity contribution in [3.05, 3.63) is 28.8 Å². The normalized spacial score (nSPS) is 12.1. The topological polar surface area (TPSA) is 70.0 Å². The van der Waals surface area contributed by atoms with Crippen LogP contribution in [0.5, 0.6) is 5.75 Å². The van der Waals surface area contributed by atoms with Crippen molar-refractivity contribution in [2.45, 2.75) is 26.3 Å². The van der Waals surface area contributed by atoms with Crippen LogP contribution in [0.1, 0.15) is 36.1 Å². The Labute approximate surface area is 83.8 Å². The summed E-state index contributed by atoms with van der Waals surface area (Å²) in [6.45, 7) is 3.82. The fourth-order valence-electron chi connectivity index (χ4n) is 1.39. The molecule has 0 fully saturated rings. The van der Waals surface area contributed by atoms with Gasteiger partial charge in [-0.25, -0.2) is 0 Å². The molecule has 0 aliphatic heterocycles. The van der Waals surface area contributed by atoms with Crippen molar-refractivity contribution in [2.24, 2.45) is 5.73 Å². The Balaban J connectivity index is 3.30. The summed E-state index contributed by atoms with van der Waals surface area (Å²) in [5.41, 5.74) is 7.71. The molecule has 3 heteroatoms. The van der Waals surface area contributed by atoms with Crippen LogP contribution in [0.3, 0.4) is 0 Å². The molecule has 3 N–H and O–H groups in total. The molecule has 74 valence electrons. The van der Waals surface area contributed by atoms with Crippen LogP contribution >= 0.6 is 0 Å². The van der Waals surface area contributed by atoms with Crippen LogP contribution in [0, 0.1) is 18.3 Å². The number of rotatable bonds is 2. The summed E-state index contributed by atoms with van der Waals surface area (Å²) in [6, 6.07) is 5.22. The Hall–Kier alpha value is -1.53. The second kappa shape index (κ2) is 4.12. The van der Waals surface area contributed by atoms with Gasteiger partial charge in [0.1, 0.15) is 11.8 Å². The van der Waals surface area contributed by atoms with Crippen LogP contribution in [-0.4, -0.2) is 5.11 Å². The number of nitriles is 1. The number of aryl methyl sites for hydroxylation is 1. The molecule has 14 heavy (non-hydrogen) atoms. The first kappa shape index (κ1) is 10.6. The number of phenols is 1. The molecule has 0 aliphatic carbocycles. The van der Waals surface area contributed by atoms with E-state index in [1.807, 2.05) is 26.0 Å². The predicted molar refractivity (Wildman–Crippen MR) is 54.8 cm³/mol. The largest absolute Gasteiger partial charge is 0.506 e. The number of hydrogen-bond donors (Lipinski definition) is 2. The van der Waals surface area contributed by atoms with Gasteiger partial charge < -0.3 is 10.8 Å². The van der Waals surface area contributed by atoms with E-state index in [4.69, 9.17) is 11.0 Å². The fraction of sp³-hybridized carbons (Fsp3) is 0.364. The third-order valence-corrected chi connectivity index (χ3v) is 2.24. The Bertz CT molecular complexity index is 380. The second-order valence-electron chi connectivity index (χ2n) is 3.38. The fourth-order valence-corrected chi connectivity index (χ4v) is 1.39. The van der Waals surface area contributed by atoms with Gasteiger partial charge in [-0.15, -0.1) is 0 Å². The molecule has 0 unspecified atom stereocenters.